The molecule has 0 fully saturated rings. The van der Waals surface area contributed by atoms with E-state index in [0.29, 0.717) is 23.4 Å². The Hall–Kier alpha value is -3.61. The van der Waals surface area contributed by atoms with Crippen LogP contribution in [-0.2, 0) is 16.0 Å². The molecule has 1 aliphatic rings. The molecule has 1 aliphatic heterocycles. The number of carbonyl (C=O) groups excluding carboxylic acids is 2. The fourth-order valence-corrected chi connectivity index (χ4v) is 3.20. The average molecular weight is 406 g/mol. The summed E-state index contributed by atoms with van der Waals surface area (Å²) in [6.07, 6.45) is 3.61. The highest BCUT2D eigenvalue weighted by Crippen LogP contribution is 2.28. The number of nitrogens with one attached hydrogen (secondary N) is 2. The number of nitrogens with zero attached hydrogens (tertiary/aromatic N) is 2. The monoisotopic (exact) mass is 406 g/mol. The quantitative estimate of drug-likeness (QED) is 0.639. The standard InChI is InChI=1S/C23H26N4O3/c1-4-9-21-19(15-24-20-13-7-6-10-16(20)5-2)22(28)27(26-21)18-12-8-11-17(14-18)25-23(29)30-3/h6-8,10-15,24H,4-5,9H2,1-3H3,(H,25,29). The number of para-hydroxylation sites is 1. The van der Waals surface area contributed by atoms with E-state index in [9.17, 15) is 9.59 Å². The first-order valence-electron chi connectivity index (χ1n) is 9.99. The number of ether oxygens (including phenoxy) is 1. The molecule has 2 aromatic rings. The Kier molecular flexibility index (Phi) is 6.85. The molecular weight excluding hydrogens is 380 g/mol. The number of amides is 2. The van der Waals surface area contributed by atoms with Crippen molar-refractivity contribution in [3.05, 3.63) is 65.9 Å². The summed E-state index contributed by atoms with van der Waals surface area (Å²) in [5, 5.41) is 11.8. The lowest BCUT2D eigenvalue weighted by Gasteiger charge is -2.13. The van der Waals surface area contributed by atoms with Gasteiger partial charge in [-0.2, -0.15) is 10.1 Å². The van der Waals surface area contributed by atoms with Gasteiger partial charge in [-0.3, -0.25) is 10.1 Å². The molecule has 0 aromatic heterocycles. The first-order chi connectivity index (χ1) is 14.6. The van der Waals surface area contributed by atoms with Crippen molar-refractivity contribution < 1.29 is 14.3 Å². The van der Waals surface area contributed by atoms with Gasteiger partial charge in [0.25, 0.3) is 5.91 Å². The lowest BCUT2D eigenvalue weighted by atomic mass is 10.1. The average Bonchev–Trinajstić information content (AvgIpc) is 3.08. The second kappa shape index (κ2) is 9.73. The van der Waals surface area contributed by atoms with E-state index in [2.05, 4.69) is 33.5 Å². The normalized spacial score (nSPS) is 14.6. The molecule has 0 atom stereocenters. The largest absolute Gasteiger partial charge is 0.453 e. The summed E-state index contributed by atoms with van der Waals surface area (Å²) in [4.78, 5) is 24.6. The molecule has 156 valence electrons. The molecule has 1 heterocycles. The molecule has 7 nitrogen and oxygen atoms in total. The third-order valence-corrected chi connectivity index (χ3v) is 4.73. The van der Waals surface area contributed by atoms with Gasteiger partial charge in [0, 0.05) is 17.6 Å². The number of hydrogen-bond acceptors (Lipinski definition) is 5. The Morgan fingerprint density at radius 3 is 2.70 bits per heavy atom. The van der Waals surface area contributed by atoms with Gasteiger partial charge in [-0.15, -0.1) is 0 Å². The third kappa shape index (κ3) is 4.68. The van der Waals surface area contributed by atoms with Crippen LogP contribution in [0.25, 0.3) is 0 Å². The van der Waals surface area contributed by atoms with E-state index in [1.165, 1.54) is 17.7 Å². The predicted molar refractivity (Wildman–Crippen MR) is 120 cm³/mol. The molecule has 0 unspecified atom stereocenters. The van der Waals surface area contributed by atoms with Crippen LogP contribution in [0.4, 0.5) is 21.9 Å². The number of anilines is 3. The summed E-state index contributed by atoms with van der Waals surface area (Å²) in [5.41, 5.74) is 4.50. The van der Waals surface area contributed by atoms with Crippen LogP contribution in [-0.4, -0.2) is 24.8 Å². The minimum Gasteiger partial charge on any atom is -0.453 e. The van der Waals surface area contributed by atoms with Crippen LogP contribution in [0.1, 0.15) is 32.3 Å². The Labute approximate surface area is 176 Å². The van der Waals surface area contributed by atoms with Crippen LogP contribution in [0.15, 0.2) is 65.4 Å². The molecule has 2 aromatic carbocycles. The van der Waals surface area contributed by atoms with Gasteiger partial charge in [-0.1, -0.05) is 44.5 Å². The predicted octanol–water partition coefficient (Wildman–Crippen LogP) is 4.93. The van der Waals surface area contributed by atoms with E-state index >= 15 is 0 Å². The van der Waals surface area contributed by atoms with Gasteiger partial charge in [0.05, 0.1) is 24.1 Å². The molecular formula is C23H26N4O3. The minimum absolute atomic E-state index is 0.213. The van der Waals surface area contributed by atoms with Gasteiger partial charge in [0.15, 0.2) is 0 Å². The molecule has 0 saturated carbocycles. The van der Waals surface area contributed by atoms with Crippen molar-refractivity contribution in [1.29, 1.82) is 0 Å². The van der Waals surface area contributed by atoms with E-state index in [1.54, 1.807) is 30.5 Å². The summed E-state index contributed by atoms with van der Waals surface area (Å²) in [7, 11) is 1.30. The van der Waals surface area contributed by atoms with Crippen LogP contribution in [0.5, 0.6) is 0 Å². The highest BCUT2D eigenvalue weighted by molar-refractivity contribution is 6.30. The van der Waals surface area contributed by atoms with E-state index in [0.717, 1.165) is 24.2 Å². The summed E-state index contributed by atoms with van der Waals surface area (Å²) in [6, 6.07) is 14.9. The van der Waals surface area contributed by atoms with Crippen molar-refractivity contribution in [2.24, 2.45) is 5.10 Å². The smallest absolute Gasteiger partial charge is 0.411 e. The number of rotatable bonds is 7. The summed E-state index contributed by atoms with van der Waals surface area (Å²) in [5.74, 6) is -0.213. The molecule has 0 saturated heterocycles. The van der Waals surface area contributed by atoms with Crippen molar-refractivity contribution in [1.82, 2.24) is 0 Å². The molecule has 0 bridgehead atoms. The lowest BCUT2D eigenvalue weighted by molar-refractivity contribution is -0.114. The molecule has 7 heteroatoms. The van der Waals surface area contributed by atoms with Crippen LogP contribution in [0, 0.1) is 0 Å². The fourth-order valence-electron chi connectivity index (χ4n) is 3.20. The third-order valence-electron chi connectivity index (χ3n) is 4.73. The van der Waals surface area contributed by atoms with Gasteiger partial charge in [0.1, 0.15) is 0 Å². The number of carbonyl (C=O) groups is 2. The second-order valence-corrected chi connectivity index (χ2v) is 6.79. The zero-order chi connectivity index (χ0) is 21.5. The molecule has 2 amide bonds. The number of aryl methyl sites for hydroxylation is 1. The Bertz CT molecular complexity index is 997. The molecule has 0 aliphatic carbocycles. The zero-order valence-corrected chi connectivity index (χ0v) is 17.4. The van der Waals surface area contributed by atoms with Crippen molar-refractivity contribution in [3.8, 4) is 0 Å². The molecule has 2 N–H and O–H groups in total. The Balaban J connectivity index is 1.88. The van der Waals surface area contributed by atoms with Crippen LogP contribution < -0.4 is 15.6 Å². The minimum atomic E-state index is -0.575. The summed E-state index contributed by atoms with van der Waals surface area (Å²) >= 11 is 0. The van der Waals surface area contributed by atoms with E-state index < -0.39 is 6.09 Å². The van der Waals surface area contributed by atoms with E-state index in [4.69, 9.17) is 0 Å². The molecule has 0 spiro atoms. The number of methoxy groups -OCH3 is 1. The maximum atomic E-state index is 13.1. The van der Waals surface area contributed by atoms with E-state index in [-0.39, 0.29) is 5.91 Å². The van der Waals surface area contributed by atoms with Crippen molar-refractivity contribution in [2.45, 2.75) is 33.1 Å². The maximum absolute atomic E-state index is 13.1. The van der Waals surface area contributed by atoms with Gasteiger partial charge >= 0.3 is 6.09 Å². The first-order valence-corrected chi connectivity index (χ1v) is 9.99. The fraction of sp³-hybridized carbons (Fsp3) is 0.261. The van der Waals surface area contributed by atoms with Gasteiger partial charge in [0.2, 0.25) is 0 Å². The van der Waals surface area contributed by atoms with Gasteiger partial charge in [-0.05, 0) is 42.7 Å². The second-order valence-electron chi connectivity index (χ2n) is 6.79. The topological polar surface area (TPSA) is 83.0 Å². The molecule has 0 radical (unpaired) electrons. The number of benzene rings is 2. The Morgan fingerprint density at radius 1 is 1.17 bits per heavy atom. The summed E-state index contributed by atoms with van der Waals surface area (Å²) in [6.45, 7) is 4.14. The van der Waals surface area contributed by atoms with Crippen LogP contribution in [0.2, 0.25) is 0 Å². The van der Waals surface area contributed by atoms with Crippen LogP contribution >= 0.6 is 0 Å². The van der Waals surface area contributed by atoms with Crippen LogP contribution in [0.3, 0.4) is 0 Å². The van der Waals surface area contributed by atoms with Crippen molar-refractivity contribution >= 4 is 34.8 Å². The van der Waals surface area contributed by atoms with Crippen molar-refractivity contribution in [2.75, 3.05) is 22.8 Å². The highest BCUT2D eigenvalue weighted by Gasteiger charge is 2.30. The first kappa shape index (κ1) is 21.1. The van der Waals surface area contributed by atoms with E-state index in [1.807, 2.05) is 25.1 Å². The SMILES string of the molecule is CCCC1=NN(c2cccc(NC(=O)OC)c2)C(=O)C1=CNc1ccccc1CC. The highest BCUT2D eigenvalue weighted by atomic mass is 16.5. The summed E-state index contributed by atoms with van der Waals surface area (Å²) < 4.78 is 4.62. The number of hydrazone groups is 1. The molecule has 30 heavy (non-hydrogen) atoms. The van der Waals surface area contributed by atoms with Gasteiger partial charge in [-0.25, -0.2) is 4.79 Å². The Morgan fingerprint density at radius 2 is 1.97 bits per heavy atom. The lowest BCUT2D eigenvalue weighted by Crippen LogP contribution is -2.22. The molecule has 3 rings (SSSR count). The van der Waals surface area contributed by atoms with Crippen molar-refractivity contribution in [3.63, 3.8) is 0 Å². The maximum Gasteiger partial charge on any atom is 0.411 e. The number of hydrogen-bond donors (Lipinski definition) is 2. The zero-order valence-electron chi connectivity index (χ0n) is 17.4. The van der Waals surface area contributed by atoms with Gasteiger partial charge < -0.3 is 10.1 Å².